The number of ether oxygens (including phenoxy) is 1. The second-order valence-electron chi connectivity index (χ2n) is 4.27. The van der Waals surface area contributed by atoms with Crippen molar-refractivity contribution in [3.63, 3.8) is 0 Å². The molecule has 1 N–H and O–H groups in total. The van der Waals surface area contributed by atoms with Gasteiger partial charge in [0.2, 0.25) is 0 Å². The Kier molecular flexibility index (Phi) is 4.50. The molecule has 0 aromatic heterocycles. The normalized spacial score (nSPS) is 10.4. The van der Waals surface area contributed by atoms with Crippen molar-refractivity contribution in [2.24, 2.45) is 0 Å². The van der Waals surface area contributed by atoms with Crippen LogP contribution in [0.4, 0.5) is 18.9 Å². The molecule has 0 bridgehead atoms. The van der Waals surface area contributed by atoms with Crippen LogP contribution in [0.5, 0.6) is 5.75 Å². The fourth-order valence-electron chi connectivity index (χ4n) is 1.84. The molecule has 0 saturated heterocycles. The van der Waals surface area contributed by atoms with Gasteiger partial charge in [-0.3, -0.25) is 0 Å². The number of nitrogens with one attached hydrogen (secondary N) is 1. The maximum Gasteiger partial charge on any atom is 0.152 e. The van der Waals surface area contributed by atoms with Crippen LogP contribution in [0.2, 0.25) is 0 Å². The SMILES string of the molecule is COc1ccc(CCNc2c(F)cc(F)cc2F)cc1. The van der Waals surface area contributed by atoms with E-state index in [0.29, 0.717) is 25.1 Å². The molecule has 2 aromatic rings. The third-order valence-corrected chi connectivity index (χ3v) is 2.88. The summed E-state index contributed by atoms with van der Waals surface area (Å²) >= 11 is 0. The van der Waals surface area contributed by atoms with Crippen molar-refractivity contribution in [1.29, 1.82) is 0 Å². The zero-order valence-electron chi connectivity index (χ0n) is 10.9. The first kappa shape index (κ1) is 14.2. The van der Waals surface area contributed by atoms with Gasteiger partial charge in [-0.05, 0) is 24.1 Å². The van der Waals surface area contributed by atoms with E-state index in [1.54, 1.807) is 7.11 Å². The first-order valence-corrected chi connectivity index (χ1v) is 6.11. The quantitative estimate of drug-likeness (QED) is 0.900. The summed E-state index contributed by atoms with van der Waals surface area (Å²) in [5.74, 6) is -2.05. The Hall–Kier alpha value is -2.17. The van der Waals surface area contributed by atoms with E-state index in [1.165, 1.54) is 0 Å². The fourth-order valence-corrected chi connectivity index (χ4v) is 1.84. The topological polar surface area (TPSA) is 21.3 Å². The average molecular weight is 281 g/mol. The molecule has 106 valence electrons. The Morgan fingerprint density at radius 2 is 1.60 bits per heavy atom. The fraction of sp³-hybridized carbons (Fsp3) is 0.200. The van der Waals surface area contributed by atoms with Gasteiger partial charge >= 0.3 is 0 Å². The molecule has 0 spiro atoms. The van der Waals surface area contributed by atoms with E-state index in [2.05, 4.69) is 5.32 Å². The molecule has 0 aliphatic heterocycles. The number of anilines is 1. The Balaban J connectivity index is 1.95. The highest BCUT2D eigenvalue weighted by Crippen LogP contribution is 2.20. The molecule has 5 heteroatoms. The van der Waals surface area contributed by atoms with Crippen LogP contribution in [-0.2, 0) is 6.42 Å². The van der Waals surface area contributed by atoms with E-state index in [1.807, 2.05) is 24.3 Å². The third kappa shape index (κ3) is 3.44. The molecule has 20 heavy (non-hydrogen) atoms. The summed E-state index contributed by atoms with van der Waals surface area (Å²) in [7, 11) is 1.58. The van der Waals surface area contributed by atoms with Crippen molar-refractivity contribution >= 4 is 5.69 Å². The number of halogens is 3. The summed E-state index contributed by atoms with van der Waals surface area (Å²) in [5.41, 5.74) is 0.695. The molecule has 0 radical (unpaired) electrons. The molecule has 0 saturated carbocycles. The summed E-state index contributed by atoms with van der Waals surface area (Å²) in [4.78, 5) is 0. The van der Waals surface area contributed by atoms with Crippen LogP contribution in [0.25, 0.3) is 0 Å². The van der Waals surface area contributed by atoms with Gasteiger partial charge in [-0.1, -0.05) is 12.1 Å². The number of methoxy groups -OCH3 is 1. The highest BCUT2D eigenvalue weighted by molar-refractivity contribution is 5.46. The van der Waals surface area contributed by atoms with Gasteiger partial charge < -0.3 is 10.1 Å². The predicted molar refractivity (Wildman–Crippen MR) is 71.5 cm³/mol. The maximum atomic E-state index is 13.4. The van der Waals surface area contributed by atoms with Crippen molar-refractivity contribution in [3.05, 3.63) is 59.4 Å². The lowest BCUT2D eigenvalue weighted by molar-refractivity contribution is 0.414. The van der Waals surface area contributed by atoms with E-state index < -0.39 is 17.5 Å². The van der Waals surface area contributed by atoms with Gasteiger partial charge in [0.25, 0.3) is 0 Å². The number of rotatable bonds is 5. The predicted octanol–water partition coefficient (Wildman–Crippen LogP) is 3.77. The van der Waals surface area contributed by atoms with Gasteiger partial charge in [-0.25, -0.2) is 13.2 Å². The Morgan fingerprint density at radius 3 is 2.15 bits per heavy atom. The van der Waals surface area contributed by atoms with Gasteiger partial charge in [0, 0.05) is 18.7 Å². The second kappa shape index (κ2) is 6.32. The minimum atomic E-state index is -0.933. The highest BCUT2D eigenvalue weighted by Gasteiger charge is 2.10. The van der Waals surface area contributed by atoms with Crippen LogP contribution in [-0.4, -0.2) is 13.7 Å². The van der Waals surface area contributed by atoms with Gasteiger partial charge in [0.1, 0.15) is 17.3 Å². The van der Waals surface area contributed by atoms with E-state index in [-0.39, 0.29) is 5.69 Å². The zero-order valence-corrected chi connectivity index (χ0v) is 10.9. The number of hydrogen-bond acceptors (Lipinski definition) is 2. The van der Waals surface area contributed by atoms with Crippen molar-refractivity contribution < 1.29 is 17.9 Å². The first-order valence-electron chi connectivity index (χ1n) is 6.11. The Labute approximate surface area is 115 Å². The second-order valence-corrected chi connectivity index (χ2v) is 4.27. The van der Waals surface area contributed by atoms with E-state index in [0.717, 1.165) is 11.3 Å². The van der Waals surface area contributed by atoms with Crippen LogP contribution < -0.4 is 10.1 Å². The zero-order chi connectivity index (χ0) is 14.5. The third-order valence-electron chi connectivity index (χ3n) is 2.88. The molecule has 0 heterocycles. The van der Waals surface area contributed by atoms with Crippen molar-refractivity contribution in [2.75, 3.05) is 19.0 Å². The smallest absolute Gasteiger partial charge is 0.152 e. The molecule has 0 fully saturated rings. The summed E-state index contributed by atoms with van der Waals surface area (Å²) in [5, 5.41) is 2.64. The lowest BCUT2D eigenvalue weighted by Gasteiger charge is -2.09. The van der Waals surface area contributed by atoms with Gasteiger partial charge in [0.05, 0.1) is 7.11 Å². The van der Waals surface area contributed by atoms with Crippen LogP contribution >= 0.6 is 0 Å². The maximum absolute atomic E-state index is 13.4. The Morgan fingerprint density at radius 1 is 1.00 bits per heavy atom. The van der Waals surface area contributed by atoms with Crippen molar-refractivity contribution in [3.8, 4) is 5.75 Å². The number of benzene rings is 2. The van der Waals surface area contributed by atoms with Gasteiger partial charge in [-0.15, -0.1) is 0 Å². The lowest BCUT2D eigenvalue weighted by Crippen LogP contribution is -2.08. The molecule has 2 aromatic carbocycles. The van der Waals surface area contributed by atoms with Crippen LogP contribution in [0.15, 0.2) is 36.4 Å². The number of hydrogen-bond donors (Lipinski definition) is 1. The summed E-state index contributed by atoms with van der Waals surface area (Å²) in [6, 6.07) is 8.68. The van der Waals surface area contributed by atoms with Crippen molar-refractivity contribution in [1.82, 2.24) is 0 Å². The highest BCUT2D eigenvalue weighted by atomic mass is 19.1. The first-order chi connectivity index (χ1) is 9.60. The standard InChI is InChI=1S/C15H14F3NO/c1-20-12-4-2-10(3-5-12)6-7-19-15-13(17)8-11(16)9-14(15)18/h2-5,8-9,19H,6-7H2,1H3. The van der Waals surface area contributed by atoms with Gasteiger partial charge in [0.15, 0.2) is 11.6 Å². The lowest BCUT2D eigenvalue weighted by atomic mass is 10.1. The molecule has 0 aliphatic carbocycles. The van der Waals surface area contributed by atoms with Crippen molar-refractivity contribution in [2.45, 2.75) is 6.42 Å². The largest absolute Gasteiger partial charge is 0.497 e. The summed E-state index contributed by atoms with van der Waals surface area (Å²) in [6.07, 6.45) is 0.584. The molecule has 0 unspecified atom stereocenters. The molecule has 0 atom stereocenters. The summed E-state index contributed by atoms with van der Waals surface area (Å²) in [6.45, 7) is 0.339. The van der Waals surface area contributed by atoms with Crippen LogP contribution in [0.3, 0.4) is 0 Å². The molecular weight excluding hydrogens is 267 g/mol. The van der Waals surface area contributed by atoms with Crippen LogP contribution in [0, 0.1) is 17.5 Å². The minimum absolute atomic E-state index is 0.306. The molecular formula is C15H14F3NO. The molecule has 0 amide bonds. The average Bonchev–Trinajstić information content (AvgIpc) is 2.42. The minimum Gasteiger partial charge on any atom is -0.497 e. The monoisotopic (exact) mass is 281 g/mol. The molecule has 2 nitrogen and oxygen atoms in total. The van der Waals surface area contributed by atoms with Crippen LogP contribution in [0.1, 0.15) is 5.56 Å². The molecule has 0 aliphatic rings. The van der Waals surface area contributed by atoms with E-state index in [4.69, 9.17) is 4.74 Å². The molecule has 2 rings (SSSR count). The van der Waals surface area contributed by atoms with E-state index >= 15 is 0 Å². The summed E-state index contributed by atoms with van der Waals surface area (Å²) < 4.78 is 44.5. The Bertz CT molecular complexity index is 561. The van der Waals surface area contributed by atoms with Gasteiger partial charge in [-0.2, -0.15) is 0 Å². The van der Waals surface area contributed by atoms with E-state index in [9.17, 15) is 13.2 Å².